The van der Waals surface area contributed by atoms with E-state index in [2.05, 4.69) is 0 Å². The number of nitrogens with zero attached hydrogens (tertiary/aromatic N) is 2. The number of halogens is 3. The molecule has 1 fully saturated rings. The highest BCUT2D eigenvalue weighted by Gasteiger charge is 2.66. The van der Waals surface area contributed by atoms with Crippen LogP contribution in [-0.2, 0) is 6.42 Å². The second-order valence-corrected chi connectivity index (χ2v) is 6.13. The van der Waals surface area contributed by atoms with E-state index >= 15 is 0 Å². The van der Waals surface area contributed by atoms with E-state index in [9.17, 15) is 18.4 Å². The Labute approximate surface area is 127 Å². The third-order valence-corrected chi connectivity index (χ3v) is 5.11. The molecule has 116 valence electrons. The molecule has 0 unspecified atom stereocenters. The molecule has 1 aliphatic carbocycles. The third-order valence-electron chi connectivity index (χ3n) is 5.11. The maximum Gasteiger partial charge on any atom is 0.411 e. The first-order valence-corrected chi connectivity index (χ1v) is 7.32. The van der Waals surface area contributed by atoms with Gasteiger partial charge in [-0.25, -0.2) is 0 Å². The van der Waals surface area contributed by atoms with Crippen molar-refractivity contribution in [1.29, 1.82) is 5.26 Å². The molecule has 0 amide bonds. The minimum Gasteiger partial charge on any atom is -0.285 e. The Kier molecular flexibility index (Phi) is 3.53. The fourth-order valence-electron chi connectivity index (χ4n) is 3.91. The van der Waals surface area contributed by atoms with Crippen LogP contribution >= 0.6 is 0 Å². The van der Waals surface area contributed by atoms with Gasteiger partial charge in [-0.05, 0) is 31.4 Å². The third kappa shape index (κ3) is 2.05. The molecule has 3 aliphatic rings. The number of hydrogen-bond donors (Lipinski definition) is 0. The zero-order valence-corrected chi connectivity index (χ0v) is 12.2. The fraction of sp³-hybridized carbons (Fsp3) is 0.471. The van der Waals surface area contributed by atoms with Crippen LogP contribution in [0.25, 0.3) is 0 Å². The molecule has 4 rings (SSSR count). The lowest BCUT2D eigenvalue weighted by atomic mass is 9.64. The molecule has 2 aliphatic heterocycles. The van der Waals surface area contributed by atoms with Crippen molar-refractivity contribution in [3.8, 4) is 6.07 Å². The number of nitriles is 1. The van der Waals surface area contributed by atoms with Gasteiger partial charge in [0.2, 0.25) is 0 Å². The van der Waals surface area contributed by atoms with Crippen molar-refractivity contribution in [3.05, 3.63) is 48.0 Å². The average molecular weight is 306 g/mol. The Balaban J connectivity index is 1.98. The van der Waals surface area contributed by atoms with Gasteiger partial charge in [-0.1, -0.05) is 42.5 Å². The topological polar surface area (TPSA) is 27.0 Å². The van der Waals surface area contributed by atoms with Gasteiger partial charge >= 0.3 is 6.18 Å². The molecule has 0 radical (unpaired) electrons. The molecule has 22 heavy (non-hydrogen) atoms. The van der Waals surface area contributed by atoms with Crippen molar-refractivity contribution in [3.63, 3.8) is 0 Å². The van der Waals surface area contributed by atoms with E-state index in [0.717, 1.165) is 5.56 Å². The Morgan fingerprint density at radius 1 is 1.32 bits per heavy atom. The summed E-state index contributed by atoms with van der Waals surface area (Å²) in [7, 11) is 1.50. The second kappa shape index (κ2) is 5.13. The molecule has 1 saturated heterocycles. The van der Waals surface area contributed by atoms with Gasteiger partial charge < -0.3 is 0 Å². The lowest BCUT2D eigenvalue weighted by molar-refractivity contribution is -0.246. The molecule has 0 aromatic heterocycles. The lowest BCUT2D eigenvalue weighted by Gasteiger charge is -2.56. The van der Waals surface area contributed by atoms with E-state index in [4.69, 9.17) is 0 Å². The van der Waals surface area contributed by atoms with Crippen molar-refractivity contribution in [2.24, 2.45) is 11.8 Å². The summed E-state index contributed by atoms with van der Waals surface area (Å²) < 4.78 is 41.3. The van der Waals surface area contributed by atoms with Gasteiger partial charge in [0.1, 0.15) is 0 Å². The summed E-state index contributed by atoms with van der Waals surface area (Å²) in [6, 6.07) is 11.2. The molecule has 0 N–H and O–H groups in total. The molecule has 2 nitrogen and oxygen atoms in total. The number of rotatable bonds is 2. The molecule has 1 aromatic carbocycles. The molecule has 4 atom stereocenters. The zero-order chi connectivity index (χ0) is 16.0. The van der Waals surface area contributed by atoms with E-state index in [1.54, 1.807) is 6.08 Å². The Bertz CT molecular complexity index is 617. The van der Waals surface area contributed by atoms with E-state index in [1.165, 1.54) is 18.0 Å². The summed E-state index contributed by atoms with van der Waals surface area (Å²) in [4.78, 5) is 1.38. The normalized spacial score (nSPS) is 34.6. The molecule has 5 heteroatoms. The lowest BCUT2D eigenvalue weighted by Crippen LogP contribution is -2.70. The summed E-state index contributed by atoms with van der Waals surface area (Å²) in [5.41, 5.74) is -1.14. The van der Waals surface area contributed by atoms with Crippen LogP contribution in [0.5, 0.6) is 0 Å². The van der Waals surface area contributed by atoms with E-state index in [-0.39, 0.29) is 18.4 Å². The van der Waals surface area contributed by atoms with Crippen molar-refractivity contribution >= 4 is 0 Å². The number of hydrogen-bond acceptors (Lipinski definition) is 2. The minimum absolute atomic E-state index is 0.0147. The highest BCUT2D eigenvalue weighted by Crippen LogP contribution is 2.53. The highest BCUT2D eigenvalue weighted by molar-refractivity contribution is 5.31. The van der Waals surface area contributed by atoms with Gasteiger partial charge in [0.15, 0.2) is 5.54 Å². The van der Waals surface area contributed by atoms with Crippen LogP contribution in [0.2, 0.25) is 0 Å². The molecular formula is C17H17F3N2. The van der Waals surface area contributed by atoms with Crippen LogP contribution in [0.1, 0.15) is 12.0 Å². The first-order chi connectivity index (χ1) is 10.4. The van der Waals surface area contributed by atoms with Crippen LogP contribution in [0.15, 0.2) is 42.5 Å². The van der Waals surface area contributed by atoms with Gasteiger partial charge in [-0.15, -0.1) is 0 Å². The van der Waals surface area contributed by atoms with Crippen LogP contribution in [0.3, 0.4) is 0 Å². The summed E-state index contributed by atoms with van der Waals surface area (Å²) in [5, 5.41) is 9.22. The monoisotopic (exact) mass is 306 g/mol. The summed E-state index contributed by atoms with van der Waals surface area (Å²) in [6.07, 6.45) is -0.763. The number of piperidine rings is 1. The predicted molar refractivity (Wildman–Crippen MR) is 76.8 cm³/mol. The van der Waals surface area contributed by atoms with Crippen molar-refractivity contribution in [2.45, 2.75) is 30.6 Å². The van der Waals surface area contributed by atoms with E-state index < -0.39 is 17.6 Å². The van der Waals surface area contributed by atoms with Crippen LogP contribution in [-0.4, -0.2) is 29.7 Å². The van der Waals surface area contributed by atoms with Gasteiger partial charge in [0.25, 0.3) is 0 Å². The summed E-state index contributed by atoms with van der Waals surface area (Å²) >= 11 is 0. The summed E-state index contributed by atoms with van der Waals surface area (Å²) in [6.45, 7) is 0. The van der Waals surface area contributed by atoms with Gasteiger partial charge in [-0.2, -0.15) is 18.4 Å². The maximum absolute atomic E-state index is 13.8. The molecule has 2 heterocycles. The van der Waals surface area contributed by atoms with Gasteiger partial charge in [0.05, 0.1) is 12.0 Å². The zero-order valence-electron chi connectivity index (χ0n) is 12.2. The van der Waals surface area contributed by atoms with Gasteiger partial charge in [-0.3, -0.25) is 4.90 Å². The van der Waals surface area contributed by atoms with Crippen LogP contribution in [0.4, 0.5) is 13.2 Å². The fourth-order valence-corrected chi connectivity index (χ4v) is 3.91. The standard InChI is InChI=1S/C17H17F3N2/c1-22-15(9-12-5-3-2-4-6-12)13-7-8-16(22,17(18,19)20)14(10-13)11-21/h2-8,13-15H,9-10H2,1H3/t13-,14-,15-,16+/m1/s1. The van der Waals surface area contributed by atoms with Crippen LogP contribution < -0.4 is 0 Å². The maximum atomic E-state index is 13.8. The molecule has 2 bridgehead atoms. The molecular weight excluding hydrogens is 289 g/mol. The minimum atomic E-state index is -4.46. The Morgan fingerprint density at radius 2 is 2.00 bits per heavy atom. The second-order valence-electron chi connectivity index (χ2n) is 6.13. The van der Waals surface area contributed by atoms with Crippen molar-refractivity contribution in [1.82, 2.24) is 4.90 Å². The number of alkyl halides is 3. The smallest absolute Gasteiger partial charge is 0.285 e. The summed E-state index contributed by atoms with van der Waals surface area (Å²) in [5.74, 6) is -1.06. The largest absolute Gasteiger partial charge is 0.411 e. The van der Waals surface area contributed by atoms with Crippen molar-refractivity contribution < 1.29 is 13.2 Å². The number of fused-ring (bicyclic) bond motifs is 2. The predicted octanol–water partition coefficient (Wildman–Crippen LogP) is 3.56. The first-order valence-electron chi connectivity index (χ1n) is 7.32. The van der Waals surface area contributed by atoms with Crippen LogP contribution in [0, 0.1) is 23.2 Å². The highest BCUT2D eigenvalue weighted by atomic mass is 19.4. The Morgan fingerprint density at radius 3 is 2.59 bits per heavy atom. The quantitative estimate of drug-likeness (QED) is 0.781. The molecule has 0 saturated carbocycles. The number of benzene rings is 1. The van der Waals surface area contributed by atoms with Gasteiger partial charge in [0, 0.05) is 6.04 Å². The van der Waals surface area contributed by atoms with Crippen molar-refractivity contribution in [2.75, 3.05) is 7.05 Å². The van der Waals surface area contributed by atoms with E-state index in [1.807, 2.05) is 36.4 Å². The Hall–Kier alpha value is -1.80. The average Bonchev–Trinajstić information content (AvgIpc) is 2.50. The number of likely N-dealkylation sites (N-methyl/N-ethyl adjacent to an activating group) is 1. The SMILES string of the molecule is CN1[C@H](Cc2ccccc2)[C@@H]2C=C[C@@]1(C(F)(F)F)[C@@H](C#N)C2. The first kappa shape index (κ1) is 15.1. The molecule has 1 aromatic rings. The van der Waals surface area contributed by atoms with E-state index in [0.29, 0.717) is 6.42 Å². The molecule has 0 spiro atoms.